The third kappa shape index (κ3) is 3.74. The van der Waals surface area contributed by atoms with E-state index >= 15 is 0 Å². The number of amides is 1. The summed E-state index contributed by atoms with van der Waals surface area (Å²) in [5.41, 5.74) is 2.41. The van der Waals surface area contributed by atoms with E-state index in [2.05, 4.69) is 10.4 Å². The summed E-state index contributed by atoms with van der Waals surface area (Å²) >= 11 is 0. The highest BCUT2D eigenvalue weighted by Gasteiger charge is 2.25. The standard InChI is InChI=1S/C17H22N4O3S/c1-3-21(12-13-10-18-20(2)11-13)25(23,24)15-7-8-16-14(9-15)5-4-6-17(22)19-16/h7-11H,3-6,12H2,1-2H3,(H,19,22). The Labute approximate surface area is 147 Å². The Hall–Kier alpha value is -2.19. The molecule has 0 aliphatic carbocycles. The lowest BCUT2D eigenvalue weighted by Crippen LogP contribution is -2.30. The summed E-state index contributed by atoms with van der Waals surface area (Å²) in [6, 6.07) is 4.93. The first-order valence-corrected chi connectivity index (χ1v) is 9.74. The van der Waals surface area contributed by atoms with E-state index in [0.717, 1.165) is 17.5 Å². The molecule has 1 aliphatic heterocycles. The topological polar surface area (TPSA) is 84.3 Å². The van der Waals surface area contributed by atoms with Crippen LogP contribution in [0, 0.1) is 0 Å². The van der Waals surface area contributed by atoms with Crippen LogP contribution in [0.4, 0.5) is 5.69 Å². The largest absolute Gasteiger partial charge is 0.326 e. The molecule has 0 bridgehead atoms. The van der Waals surface area contributed by atoms with Gasteiger partial charge in [-0.3, -0.25) is 9.48 Å². The Kier molecular flexibility index (Phi) is 4.91. The number of carbonyl (C=O) groups excluding carboxylic acids is 1. The number of anilines is 1. The van der Waals surface area contributed by atoms with E-state index in [1.165, 1.54) is 4.31 Å². The van der Waals surface area contributed by atoms with E-state index in [1.807, 2.05) is 13.1 Å². The first kappa shape index (κ1) is 17.6. The number of hydrogen-bond donors (Lipinski definition) is 1. The zero-order valence-electron chi connectivity index (χ0n) is 14.4. The number of aryl methyl sites for hydroxylation is 2. The maximum absolute atomic E-state index is 13.0. The van der Waals surface area contributed by atoms with E-state index < -0.39 is 10.0 Å². The summed E-state index contributed by atoms with van der Waals surface area (Å²) in [7, 11) is -1.81. The Morgan fingerprint density at radius 3 is 2.80 bits per heavy atom. The van der Waals surface area contributed by atoms with Crippen molar-refractivity contribution in [1.82, 2.24) is 14.1 Å². The van der Waals surface area contributed by atoms with Crippen LogP contribution in [0.2, 0.25) is 0 Å². The molecular formula is C17H22N4O3S. The zero-order valence-corrected chi connectivity index (χ0v) is 15.2. The van der Waals surface area contributed by atoms with Gasteiger partial charge < -0.3 is 5.32 Å². The van der Waals surface area contributed by atoms with Crippen LogP contribution in [0.3, 0.4) is 0 Å². The summed E-state index contributed by atoms with van der Waals surface area (Å²) in [6.45, 7) is 2.46. The fourth-order valence-corrected chi connectivity index (χ4v) is 4.47. The molecule has 0 saturated heterocycles. The Balaban J connectivity index is 1.90. The second-order valence-electron chi connectivity index (χ2n) is 6.17. The quantitative estimate of drug-likeness (QED) is 0.880. The number of hydrogen-bond acceptors (Lipinski definition) is 4. The summed E-state index contributed by atoms with van der Waals surface area (Å²) in [5.74, 6) is -0.0267. The third-order valence-electron chi connectivity index (χ3n) is 4.31. The minimum absolute atomic E-state index is 0.0267. The SMILES string of the molecule is CCN(Cc1cnn(C)c1)S(=O)(=O)c1ccc2c(c1)CCCC(=O)N2. The van der Waals surface area contributed by atoms with Crippen LogP contribution < -0.4 is 5.32 Å². The summed E-state index contributed by atoms with van der Waals surface area (Å²) in [5, 5.41) is 6.92. The Morgan fingerprint density at radius 2 is 2.12 bits per heavy atom. The number of nitrogens with zero attached hydrogens (tertiary/aromatic N) is 3. The van der Waals surface area contributed by atoms with E-state index in [0.29, 0.717) is 25.1 Å². The van der Waals surface area contributed by atoms with E-state index in [1.54, 1.807) is 36.1 Å². The van der Waals surface area contributed by atoms with Crippen LogP contribution in [0.15, 0.2) is 35.5 Å². The number of aromatic nitrogens is 2. The molecule has 3 rings (SSSR count). The molecule has 2 heterocycles. The van der Waals surface area contributed by atoms with Gasteiger partial charge in [-0.2, -0.15) is 9.40 Å². The van der Waals surface area contributed by atoms with Crippen molar-refractivity contribution in [2.24, 2.45) is 7.05 Å². The van der Waals surface area contributed by atoms with Crippen LogP contribution in [-0.4, -0.2) is 35.0 Å². The number of sulfonamides is 1. The number of fused-ring (bicyclic) bond motifs is 1. The lowest BCUT2D eigenvalue weighted by atomic mass is 10.1. The molecule has 1 aromatic carbocycles. The summed E-state index contributed by atoms with van der Waals surface area (Å²) in [6.07, 6.45) is 5.34. The fraction of sp³-hybridized carbons (Fsp3) is 0.412. The van der Waals surface area contributed by atoms with Gasteiger partial charge in [0.1, 0.15) is 0 Å². The molecule has 8 heteroatoms. The molecule has 1 N–H and O–H groups in total. The maximum Gasteiger partial charge on any atom is 0.243 e. The van der Waals surface area contributed by atoms with E-state index in [-0.39, 0.29) is 17.3 Å². The van der Waals surface area contributed by atoms with Gasteiger partial charge in [0, 0.05) is 44.0 Å². The lowest BCUT2D eigenvalue weighted by Gasteiger charge is -2.20. The normalized spacial score (nSPS) is 14.9. The van der Waals surface area contributed by atoms with Crippen molar-refractivity contribution in [1.29, 1.82) is 0 Å². The number of nitrogens with one attached hydrogen (secondary N) is 1. The lowest BCUT2D eigenvalue weighted by molar-refractivity contribution is -0.116. The van der Waals surface area contributed by atoms with Crippen LogP contribution in [0.5, 0.6) is 0 Å². The smallest absolute Gasteiger partial charge is 0.243 e. The van der Waals surface area contributed by atoms with E-state index in [4.69, 9.17) is 0 Å². The van der Waals surface area contributed by atoms with Gasteiger partial charge >= 0.3 is 0 Å². The van der Waals surface area contributed by atoms with Gasteiger partial charge in [-0.25, -0.2) is 8.42 Å². The van der Waals surface area contributed by atoms with E-state index in [9.17, 15) is 13.2 Å². The van der Waals surface area contributed by atoms with Crippen LogP contribution in [-0.2, 0) is 34.8 Å². The highest BCUT2D eigenvalue weighted by Crippen LogP contribution is 2.27. The predicted octanol–water partition coefficient (Wildman–Crippen LogP) is 1.91. The van der Waals surface area contributed by atoms with Crippen molar-refractivity contribution < 1.29 is 13.2 Å². The molecule has 7 nitrogen and oxygen atoms in total. The average molecular weight is 362 g/mol. The molecule has 0 radical (unpaired) electrons. The third-order valence-corrected chi connectivity index (χ3v) is 6.23. The Bertz CT molecular complexity index is 889. The predicted molar refractivity (Wildman–Crippen MR) is 94.5 cm³/mol. The maximum atomic E-state index is 13.0. The van der Waals surface area contributed by atoms with Gasteiger partial charge in [0.25, 0.3) is 0 Å². The van der Waals surface area contributed by atoms with Crippen molar-refractivity contribution >= 4 is 21.6 Å². The molecule has 2 aromatic rings. The molecule has 0 unspecified atom stereocenters. The van der Waals surface area contributed by atoms with Crippen LogP contribution in [0.25, 0.3) is 0 Å². The van der Waals surface area contributed by atoms with Crippen LogP contribution >= 0.6 is 0 Å². The van der Waals surface area contributed by atoms with Crippen molar-refractivity contribution in [2.75, 3.05) is 11.9 Å². The van der Waals surface area contributed by atoms with Crippen molar-refractivity contribution in [3.63, 3.8) is 0 Å². The van der Waals surface area contributed by atoms with Crippen molar-refractivity contribution in [3.8, 4) is 0 Å². The number of rotatable bonds is 5. The second kappa shape index (κ2) is 6.97. The Morgan fingerprint density at radius 1 is 1.32 bits per heavy atom. The van der Waals surface area contributed by atoms with Gasteiger partial charge in [0.2, 0.25) is 15.9 Å². The highest BCUT2D eigenvalue weighted by atomic mass is 32.2. The molecule has 0 atom stereocenters. The molecule has 25 heavy (non-hydrogen) atoms. The monoisotopic (exact) mass is 362 g/mol. The van der Waals surface area contributed by atoms with Gasteiger partial charge in [-0.15, -0.1) is 0 Å². The number of benzene rings is 1. The van der Waals surface area contributed by atoms with Gasteiger partial charge in [0.05, 0.1) is 11.1 Å². The number of carbonyl (C=O) groups is 1. The highest BCUT2D eigenvalue weighted by molar-refractivity contribution is 7.89. The second-order valence-corrected chi connectivity index (χ2v) is 8.11. The summed E-state index contributed by atoms with van der Waals surface area (Å²) in [4.78, 5) is 11.9. The molecule has 0 spiro atoms. The molecule has 1 amide bonds. The van der Waals surface area contributed by atoms with Gasteiger partial charge in [-0.1, -0.05) is 6.92 Å². The molecule has 1 aliphatic rings. The molecule has 1 aromatic heterocycles. The van der Waals surface area contributed by atoms with Crippen molar-refractivity contribution in [3.05, 3.63) is 41.7 Å². The molecule has 134 valence electrons. The molecular weight excluding hydrogens is 340 g/mol. The fourth-order valence-electron chi connectivity index (χ4n) is 2.98. The van der Waals surface area contributed by atoms with Crippen molar-refractivity contribution in [2.45, 2.75) is 37.6 Å². The first-order chi connectivity index (χ1) is 11.9. The molecule has 0 saturated carbocycles. The minimum atomic E-state index is -3.62. The van der Waals surface area contributed by atoms with Crippen LogP contribution in [0.1, 0.15) is 30.9 Å². The minimum Gasteiger partial charge on any atom is -0.326 e. The first-order valence-electron chi connectivity index (χ1n) is 8.30. The molecule has 0 fully saturated rings. The summed E-state index contributed by atoms with van der Waals surface area (Å²) < 4.78 is 29.1. The average Bonchev–Trinajstić information content (AvgIpc) is 2.88. The van der Waals surface area contributed by atoms with Gasteiger partial charge in [0.15, 0.2) is 0 Å². The zero-order chi connectivity index (χ0) is 18.0. The van der Waals surface area contributed by atoms with Gasteiger partial charge in [-0.05, 0) is 36.6 Å².